The van der Waals surface area contributed by atoms with Crippen molar-refractivity contribution >= 4 is 27.3 Å². The number of amides is 1. The van der Waals surface area contributed by atoms with E-state index in [1.54, 1.807) is 36.4 Å². The molecule has 1 amide bonds. The summed E-state index contributed by atoms with van der Waals surface area (Å²) < 4.78 is 32.8. The van der Waals surface area contributed by atoms with Gasteiger partial charge in [-0.25, -0.2) is 8.42 Å². The lowest BCUT2D eigenvalue weighted by molar-refractivity contribution is -0.114. The summed E-state index contributed by atoms with van der Waals surface area (Å²) in [5.41, 5.74) is 2.17. The first kappa shape index (κ1) is 22.7. The molecule has 1 heterocycles. The third-order valence-electron chi connectivity index (χ3n) is 4.85. The third-order valence-corrected chi connectivity index (χ3v) is 6.70. The van der Waals surface area contributed by atoms with E-state index in [4.69, 9.17) is 10.00 Å². The number of nitrogens with zero attached hydrogens (tertiary/aromatic N) is 2. The summed E-state index contributed by atoms with van der Waals surface area (Å²) in [5, 5.41) is 14.4. The third kappa shape index (κ3) is 6.04. The van der Waals surface area contributed by atoms with Gasteiger partial charge in [0.15, 0.2) is 0 Å². The fourth-order valence-electron chi connectivity index (χ4n) is 3.41. The number of carbonyl (C=O) groups is 1. The Hall–Kier alpha value is -2.93. The first-order valence-corrected chi connectivity index (χ1v) is 11.5. The van der Waals surface area contributed by atoms with Crippen LogP contribution in [0.3, 0.4) is 0 Å². The molecule has 1 aliphatic rings. The van der Waals surface area contributed by atoms with Crippen LogP contribution >= 0.6 is 0 Å². The molecule has 0 aliphatic carbocycles. The second-order valence-corrected chi connectivity index (χ2v) is 9.48. The van der Waals surface area contributed by atoms with E-state index in [2.05, 4.69) is 16.7 Å². The van der Waals surface area contributed by atoms with Crippen LogP contribution in [0.25, 0.3) is 0 Å². The van der Waals surface area contributed by atoms with Crippen LogP contribution in [0.1, 0.15) is 19.4 Å². The lowest BCUT2D eigenvalue weighted by Gasteiger charge is -2.34. The van der Waals surface area contributed by atoms with Crippen molar-refractivity contribution in [3.63, 3.8) is 0 Å². The largest absolute Gasteiger partial charge is 0.376 e. The van der Waals surface area contributed by atoms with Gasteiger partial charge >= 0.3 is 0 Å². The van der Waals surface area contributed by atoms with Crippen LogP contribution in [0.2, 0.25) is 0 Å². The van der Waals surface area contributed by atoms with Crippen LogP contribution in [0.5, 0.6) is 0 Å². The molecule has 0 spiro atoms. The van der Waals surface area contributed by atoms with Crippen LogP contribution in [0.4, 0.5) is 11.4 Å². The molecule has 0 radical (unpaired) electrons. The molecule has 8 nitrogen and oxygen atoms in total. The van der Waals surface area contributed by atoms with Gasteiger partial charge in [-0.1, -0.05) is 12.1 Å². The van der Waals surface area contributed by atoms with Crippen molar-refractivity contribution in [3.05, 3.63) is 54.1 Å². The number of hydrogen-bond donors (Lipinski definition) is 2. The van der Waals surface area contributed by atoms with E-state index in [1.165, 1.54) is 16.4 Å². The molecule has 164 valence electrons. The monoisotopic (exact) mass is 442 g/mol. The molecule has 2 unspecified atom stereocenters. The van der Waals surface area contributed by atoms with E-state index >= 15 is 0 Å². The molecule has 2 aromatic carbocycles. The van der Waals surface area contributed by atoms with Crippen molar-refractivity contribution in [2.24, 2.45) is 0 Å². The maximum absolute atomic E-state index is 12.9. The highest BCUT2D eigenvalue weighted by molar-refractivity contribution is 7.89. The van der Waals surface area contributed by atoms with Crippen molar-refractivity contribution in [2.45, 2.75) is 37.4 Å². The van der Waals surface area contributed by atoms with Gasteiger partial charge in [-0.05, 0) is 55.8 Å². The Balaban J connectivity index is 1.55. The molecule has 0 aromatic heterocycles. The van der Waals surface area contributed by atoms with Crippen LogP contribution < -0.4 is 10.6 Å². The average molecular weight is 443 g/mol. The van der Waals surface area contributed by atoms with Crippen molar-refractivity contribution in [3.8, 4) is 6.07 Å². The maximum atomic E-state index is 12.9. The van der Waals surface area contributed by atoms with Gasteiger partial charge in [-0.2, -0.15) is 9.57 Å². The van der Waals surface area contributed by atoms with E-state index in [0.29, 0.717) is 30.9 Å². The molecule has 31 heavy (non-hydrogen) atoms. The number of anilines is 2. The standard InChI is InChI=1S/C22H26N4O4S/c1-16-14-26(15-17(2)30-16)31(28,29)21-9-7-19(8-10-21)24-13-22(27)25-20-5-3-18(4-6-20)11-12-23/h3-10,16-17,24H,11,13-15H2,1-2H3,(H,25,27). The molecular formula is C22H26N4O4S. The first-order chi connectivity index (χ1) is 14.8. The minimum atomic E-state index is -3.60. The molecular weight excluding hydrogens is 416 g/mol. The second-order valence-electron chi connectivity index (χ2n) is 7.54. The predicted molar refractivity (Wildman–Crippen MR) is 118 cm³/mol. The zero-order valence-corrected chi connectivity index (χ0v) is 18.4. The van der Waals surface area contributed by atoms with Gasteiger partial charge < -0.3 is 15.4 Å². The molecule has 1 fully saturated rings. The van der Waals surface area contributed by atoms with E-state index in [9.17, 15) is 13.2 Å². The van der Waals surface area contributed by atoms with E-state index in [-0.39, 0.29) is 29.6 Å². The normalized spacial score (nSPS) is 19.4. The highest BCUT2D eigenvalue weighted by Crippen LogP contribution is 2.22. The Morgan fingerprint density at radius 3 is 2.23 bits per heavy atom. The lowest BCUT2D eigenvalue weighted by atomic mass is 10.1. The molecule has 2 atom stereocenters. The number of rotatable bonds is 7. The number of ether oxygens (including phenoxy) is 1. The van der Waals surface area contributed by atoms with E-state index in [0.717, 1.165) is 5.56 Å². The van der Waals surface area contributed by atoms with Crippen LogP contribution in [0.15, 0.2) is 53.4 Å². The quantitative estimate of drug-likeness (QED) is 0.682. The molecule has 0 saturated carbocycles. The van der Waals surface area contributed by atoms with E-state index < -0.39 is 10.0 Å². The number of nitrogens with one attached hydrogen (secondary N) is 2. The van der Waals surface area contributed by atoms with Crippen molar-refractivity contribution in [2.75, 3.05) is 30.3 Å². The zero-order chi connectivity index (χ0) is 22.4. The first-order valence-electron chi connectivity index (χ1n) is 10.0. The Kier molecular flexibility index (Phi) is 7.28. The van der Waals surface area contributed by atoms with Crippen molar-refractivity contribution < 1.29 is 17.9 Å². The minimum Gasteiger partial charge on any atom is -0.376 e. The SMILES string of the molecule is CC1CN(S(=O)(=O)c2ccc(NCC(=O)Nc3ccc(CC#N)cc3)cc2)CC(C)O1. The molecule has 9 heteroatoms. The number of morpholine rings is 1. The number of nitriles is 1. The summed E-state index contributed by atoms with van der Waals surface area (Å²) in [6.07, 6.45) is 0.0199. The van der Waals surface area contributed by atoms with Crippen LogP contribution in [-0.4, -0.2) is 50.5 Å². The molecule has 1 saturated heterocycles. The Morgan fingerprint density at radius 2 is 1.65 bits per heavy atom. The predicted octanol–water partition coefficient (Wildman–Crippen LogP) is 2.60. The average Bonchev–Trinajstić information content (AvgIpc) is 2.73. The van der Waals surface area contributed by atoms with E-state index in [1.807, 2.05) is 13.8 Å². The van der Waals surface area contributed by atoms with Gasteiger partial charge in [0.1, 0.15) is 0 Å². The zero-order valence-electron chi connectivity index (χ0n) is 17.5. The lowest BCUT2D eigenvalue weighted by Crippen LogP contribution is -2.48. The fraction of sp³-hybridized carbons (Fsp3) is 0.364. The number of carbonyl (C=O) groups excluding carboxylic acids is 1. The topological polar surface area (TPSA) is 112 Å². The van der Waals surface area contributed by atoms with Gasteiger partial charge in [0.25, 0.3) is 0 Å². The number of sulfonamides is 1. The van der Waals surface area contributed by atoms with Gasteiger partial charge in [0, 0.05) is 24.5 Å². The molecule has 1 aliphatic heterocycles. The highest BCUT2D eigenvalue weighted by Gasteiger charge is 2.32. The van der Waals surface area contributed by atoms with Gasteiger partial charge in [0.2, 0.25) is 15.9 Å². The summed E-state index contributed by atoms with van der Waals surface area (Å²) in [6.45, 7) is 4.40. The summed E-state index contributed by atoms with van der Waals surface area (Å²) >= 11 is 0. The molecule has 3 rings (SSSR count). The maximum Gasteiger partial charge on any atom is 0.243 e. The Morgan fingerprint density at radius 1 is 1.06 bits per heavy atom. The smallest absolute Gasteiger partial charge is 0.243 e. The van der Waals surface area contributed by atoms with Gasteiger partial charge in [0.05, 0.1) is 36.1 Å². The van der Waals surface area contributed by atoms with Crippen LogP contribution in [-0.2, 0) is 26.0 Å². The number of hydrogen-bond acceptors (Lipinski definition) is 6. The summed E-state index contributed by atoms with van der Waals surface area (Å²) in [6, 6.07) is 15.5. The van der Waals surface area contributed by atoms with Crippen molar-refractivity contribution in [1.29, 1.82) is 5.26 Å². The minimum absolute atomic E-state index is 0.0323. The van der Waals surface area contributed by atoms with Gasteiger partial charge in [-0.15, -0.1) is 0 Å². The van der Waals surface area contributed by atoms with Crippen molar-refractivity contribution in [1.82, 2.24) is 4.31 Å². The molecule has 2 aromatic rings. The second kappa shape index (κ2) is 9.92. The molecule has 2 N–H and O–H groups in total. The summed E-state index contributed by atoms with van der Waals surface area (Å²) in [7, 11) is -3.60. The highest BCUT2D eigenvalue weighted by atomic mass is 32.2. The van der Waals surface area contributed by atoms with Gasteiger partial charge in [-0.3, -0.25) is 4.79 Å². The Bertz CT molecular complexity index is 1040. The Labute approximate surface area is 182 Å². The molecule has 0 bridgehead atoms. The summed E-state index contributed by atoms with van der Waals surface area (Å²) in [5.74, 6) is -0.235. The summed E-state index contributed by atoms with van der Waals surface area (Å²) in [4.78, 5) is 12.4. The van der Waals surface area contributed by atoms with Crippen LogP contribution in [0, 0.1) is 11.3 Å². The number of benzene rings is 2. The fourth-order valence-corrected chi connectivity index (χ4v) is 5.00.